The fourth-order valence-corrected chi connectivity index (χ4v) is 5.28. The lowest BCUT2D eigenvalue weighted by Crippen LogP contribution is -2.72. The van der Waals surface area contributed by atoms with Crippen LogP contribution in [-0.4, -0.2) is 46.9 Å². The zero-order chi connectivity index (χ0) is 21.3. The monoisotopic (exact) mass is 406 g/mol. The summed E-state index contributed by atoms with van der Waals surface area (Å²) in [7, 11) is 1.61. The average Bonchev–Trinajstić information content (AvgIpc) is 3.01. The van der Waals surface area contributed by atoms with Gasteiger partial charge in [-0.1, -0.05) is 60.7 Å². The number of methoxy groups -OCH3 is 1. The van der Waals surface area contributed by atoms with Gasteiger partial charge in [-0.3, -0.25) is 9.59 Å². The van der Waals surface area contributed by atoms with Gasteiger partial charge in [0.2, 0.25) is 5.91 Å². The number of hydrogen-bond acceptors (Lipinski definition) is 3. The van der Waals surface area contributed by atoms with Gasteiger partial charge in [0.25, 0.3) is 5.91 Å². The van der Waals surface area contributed by atoms with E-state index in [1.54, 1.807) is 7.11 Å². The van der Waals surface area contributed by atoms with E-state index in [2.05, 4.69) is 0 Å². The summed E-state index contributed by atoms with van der Waals surface area (Å²) in [6.45, 7) is 4.25. The van der Waals surface area contributed by atoms with E-state index < -0.39 is 11.6 Å². The Labute approximate surface area is 178 Å². The number of carbonyl (C=O) groups excluding carboxylic acids is 2. The molecule has 3 heterocycles. The van der Waals surface area contributed by atoms with Crippen molar-refractivity contribution in [2.24, 2.45) is 0 Å². The van der Waals surface area contributed by atoms with Crippen LogP contribution in [-0.2, 0) is 14.3 Å². The standard InChI is InChI=1S/C25H30N2O3/c1-18(20-11-6-4-7-12-20)26-22-15-10-16-25(17-30-3,24(26)29)27(23(22)28)19(2)21-13-8-5-9-14-21/h4-9,11-14,18-19,22H,10,15-17H2,1-3H3/t18-,19-,22+,25-/m0/s1. The van der Waals surface area contributed by atoms with Crippen LogP contribution in [0.4, 0.5) is 0 Å². The van der Waals surface area contributed by atoms with E-state index in [1.165, 1.54) is 0 Å². The van der Waals surface area contributed by atoms with Crippen LogP contribution in [0.25, 0.3) is 0 Å². The van der Waals surface area contributed by atoms with Crippen molar-refractivity contribution in [2.45, 2.75) is 56.8 Å². The van der Waals surface area contributed by atoms with Gasteiger partial charge in [0.05, 0.1) is 18.7 Å². The molecule has 2 amide bonds. The van der Waals surface area contributed by atoms with Gasteiger partial charge in [-0.2, -0.15) is 0 Å². The maximum atomic E-state index is 14.1. The van der Waals surface area contributed by atoms with Gasteiger partial charge in [-0.15, -0.1) is 0 Å². The molecule has 0 aromatic heterocycles. The van der Waals surface area contributed by atoms with Gasteiger partial charge in [0.1, 0.15) is 11.6 Å². The molecule has 0 aliphatic carbocycles. The van der Waals surface area contributed by atoms with Crippen LogP contribution in [0.15, 0.2) is 60.7 Å². The Morgan fingerprint density at radius 2 is 1.53 bits per heavy atom. The van der Waals surface area contributed by atoms with E-state index in [-0.39, 0.29) is 30.5 Å². The highest BCUT2D eigenvalue weighted by Crippen LogP contribution is 2.45. The predicted molar refractivity (Wildman–Crippen MR) is 116 cm³/mol. The minimum absolute atomic E-state index is 0.00517. The fourth-order valence-electron chi connectivity index (χ4n) is 5.28. The summed E-state index contributed by atoms with van der Waals surface area (Å²) in [6.07, 6.45) is 2.13. The molecule has 3 aliphatic rings. The van der Waals surface area contributed by atoms with Crippen LogP contribution >= 0.6 is 0 Å². The van der Waals surface area contributed by atoms with E-state index in [1.807, 2.05) is 84.3 Å². The second-order valence-corrected chi connectivity index (χ2v) is 8.47. The van der Waals surface area contributed by atoms with E-state index in [0.29, 0.717) is 12.8 Å². The second kappa shape index (κ2) is 8.23. The Morgan fingerprint density at radius 3 is 2.10 bits per heavy atom. The predicted octanol–water partition coefficient (Wildman–Crippen LogP) is 4.12. The second-order valence-electron chi connectivity index (χ2n) is 8.47. The highest BCUT2D eigenvalue weighted by Gasteiger charge is 2.60. The molecule has 5 rings (SSSR count). The smallest absolute Gasteiger partial charge is 0.252 e. The van der Waals surface area contributed by atoms with Gasteiger partial charge < -0.3 is 14.5 Å². The highest BCUT2D eigenvalue weighted by molar-refractivity contribution is 6.01. The van der Waals surface area contributed by atoms with Crippen LogP contribution in [0.3, 0.4) is 0 Å². The number of piperazine rings is 1. The topological polar surface area (TPSA) is 49.9 Å². The van der Waals surface area contributed by atoms with Gasteiger partial charge in [-0.05, 0) is 44.2 Å². The Morgan fingerprint density at radius 1 is 0.967 bits per heavy atom. The van der Waals surface area contributed by atoms with Crippen molar-refractivity contribution < 1.29 is 14.3 Å². The molecule has 0 saturated carbocycles. The molecule has 5 heteroatoms. The van der Waals surface area contributed by atoms with Crippen LogP contribution < -0.4 is 0 Å². The molecule has 2 aromatic carbocycles. The number of ether oxygens (including phenoxy) is 1. The summed E-state index contributed by atoms with van der Waals surface area (Å²) >= 11 is 0. The molecule has 0 radical (unpaired) electrons. The number of hydrogen-bond donors (Lipinski definition) is 0. The van der Waals surface area contributed by atoms with E-state index in [4.69, 9.17) is 4.74 Å². The number of benzene rings is 2. The molecule has 2 aromatic rings. The third-order valence-corrected chi connectivity index (χ3v) is 6.77. The van der Waals surface area contributed by atoms with Gasteiger partial charge in [0, 0.05) is 7.11 Å². The van der Waals surface area contributed by atoms with E-state index in [0.717, 1.165) is 17.5 Å². The first-order valence-electron chi connectivity index (χ1n) is 10.8. The van der Waals surface area contributed by atoms with Crippen molar-refractivity contribution in [1.82, 2.24) is 9.80 Å². The van der Waals surface area contributed by atoms with Crippen molar-refractivity contribution in [2.75, 3.05) is 13.7 Å². The van der Waals surface area contributed by atoms with Crippen molar-refractivity contribution in [3.8, 4) is 0 Å². The molecule has 0 unspecified atom stereocenters. The summed E-state index contributed by atoms with van der Waals surface area (Å²) in [5.41, 5.74) is 1.10. The van der Waals surface area contributed by atoms with Crippen molar-refractivity contribution in [3.05, 3.63) is 71.8 Å². The Kier molecular flexibility index (Phi) is 5.65. The Bertz CT molecular complexity index is 901. The molecule has 30 heavy (non-hydrogen) atoms. The largest absolute Gasteiger partial charge is 0.382 e. The fraction of sp³-hybridized carbons (Fsp3) is 0.440. The van der Waals surface area contributed by atoms with Crippen LogP contribution in [0.5, 0.6) is 0 Å². The lowest BCUT2D eigenvalue weighted by molar-refractivity contribution is -0.179. The summed E-state index contributed by atoms with van der Waals surface area (Å²) in [5, 5.41) is 0. The first-order chi connectivity index (χ1) is 14.5. The summed E-state index contributed by atoms with van der Waals surface area (Å²) in [4.78, 5) is 31.6. The lowest BCUT2D eigenvalue weighted by atomic mass is 9.86. The third-order valence-electron chi connectivity index (χ3n) is 6.77. The maximum Gasteiger partial charge on any atom is 0.252 e. The molecule has 3 aliphatic heterocycles. The molecular formula is C25H30N2O3. The zero-order valence-corrected chi connectivity index (χ0v) is 18.0. The van der Waals surface area contributed by atoms with Crippen LogP contribution in [0.2, 0.25) is 0 Å². The number of fused-ring (bicyclic) bond motifs is 4. The van der Waals surface area contributed by atoms with Gasteiger partial charge in [-0.25, -0.2) is 0 Å². The average molecular weight is 407 g/mol. The molecule has 2 bridgehead atoms. The number of carbonyl (C=O) groups is 2. The molecule has 0 N–H and O–H groups in total. The third kappa shape index (κ3) is 3.21. The molecular weight excluding hydrogens is 376 g/mol. The minimum atomic E-state index is -0.975. The quantitative estimate of drug-likeness (QED) is 0.725. The van der Waals surface area contributed by atoms with Crippen molar-refractivity contribution in [1.29, 1.82) is 0 Å². The molecule has 3 saturated heterocycles. The van der Waals surface area contributed by atoms with Gasteiger partial charge in [0.15, 0.2) is 0 Å². The number of amides is 2. The first kappa shape index (κ1) is 20.6. The van der Waals surface area contributed by atoms with Crippen molar-refractivity contribution >= 4 is 11.8 Å². The summed E-state index contributed by atoms with van der Waals surface area (Å²) in [5.74, 6) is 0.0360. The van der Waals surface area contributed by atoms with Crippen LogP contribution in [0, 0.1) is 0 Å². The Hall–Kier alpha value is -2.66. The Balaban J connectivity index is 1.79. The molecule has 4 atom stereocenters. The maximum absolute atomic E-state index is 14.1. The molecule has 5 nitrogen and oxygen atoms in total. The molecule has 3 fully saturated rings. The van der Waals surface area contributed by atoms with E-state index >= 15 is 0 Å². The normalized spacial score (nSPS) is 25.9. The zero-order valence-electron chi connectivity index (χ0n) is 18.0. The summed E-state index contributed by atoms with van der Waals surface area (Å²) in [6, 6.07) is 19.1. The SMILES string of the molecule is COC[C@]12CCC[C@H](C(=O)N1[C@@H](C)c1ccccc1)N([C@@H](C)c1ccccc1)C2=O. The van der Waals surface area contributed by atoms with Crippen molar-refractivity contribution in [3.63, 3.8) is 0 Å². The first-order valence-corrected chi connectivity index (χ1v) is 10.8. The molecule has 0 spiro atoms. The molecule has 158 valence electrons. The highest BCUT2D eigenvalue weighted by atomic mass is 16.5. The number of rotatable bonds is 6. The minimum Gasteiger partial charge on any atom is -0.382 e. The van der Waals surface area contributed by atoms with Crippen LogP contribution in [0.1, 0.15) is 56.3 Å². The number of nitrogens with zero attached hydrogens (tertiary/aromatic N) is 2. The van der Waals surface area contributed by atoms with Gasteiger partial charge >= 0.3 is 0 Å². The lowest BCUT2D eigenvalue weighted by Gasteiger charge is -2.53. The summed E-state index contributed by atoms with van der Waals surface area (Å²) < 4.78 is 5.58. The van der Waals surface area contributed by atoms with E-state index in [9.17, 15) is 9.59 Å².